The molecule has 406 valence electrons. The van der Waals surface area contributed by atoms with E-state index in [-0.39, 0.29) is 5.28 Å². The minimum Gasteiger partial charge on any atom is -0.399 e. The second-order valence-electron chi connectivity index (χ2n) is 21.6. The zero-order chi connectivity index (χ0) is 57.5. The monoisotopic (exact) mass is 1190 g/mol. The maximum Gasteiger partial charge on any atom is 0.496 e. The van der Waals surface area contributed by atoms with Gasteiger partial charge >= 0.3 is 7.12 Å². The number of fused-ring (bicyclic) bond motifs is 12. The Bertz CT molecular complexity index is 4660. The van der Waals surface area contributed by atoms with E-state index in [1.807, 2.05) is 121 Å². The van der Waals surface area contributed by atoms with E-state index in [9.17, 15) is 0 Å². The van der Waals surface area contributed by atoms with E-state index in [0.717, 1.165) is 43.1 Å². The van der Waals surface area contributed by atoms with Gasteiger partial charge in [0.1, 0.15) is 0 Å². The van der Waals surface area contributed by atoms with E-state index in [1.54, 1.807) is 0 Å². The topological polar surface area (TPSA) is 95.8 Å². The van der Waals surface area contributed by atoms with Crippen LogP contribution in [0.1, 0.15) is 27.7 Å². The number of halogens is 3. The second kappa shape index (κ2) is 22.8. The van der Waals surface area contributed by atoms with E-state index >= 15 is 0 Å². The molecule has 0 radical (unpaired) electrons. The van der Waals surface area contributed by atoms with E-state index in [4.69, 9.17) is 47.5 Å². The molecule has 15 rings (SSSR count). The van der Waals surface area contributed by atoms with Crippen LogP contribution >= 0.6 is 39.1 Å². The lowest BCUT2D eigenvalue weighted by molar-refractivity contribution is 0.00578. The van der Waals surface area contributed by atoms with Crippen molar-refractivity contribution in [3.05, 3.63) is 257 Å². The van der Waals surface area contributed by atoms with Crippen LogP contribution in [-0.4, -0.2) is 48.2 Å². The molecule has 0 spiro atoms. The average Bonchev–Trinajstić information content (AvgIpc) is 1.37. The van der Waals surface area contributed by atoms with Crippen LogP contribution in [0.4, 0.5) is 0 Å². The molecule has 0 aliphatic carbocycles. The smallest absolute Gasteiger partial charge is 0.399 e. The van der Waals surface area contributed by atoms with Crippen molar-refractivity contribution in [3.63, 3.8) is 0 Å². The summed E-state index contributed by atoms with van der Waals surface area (Å²) in [5.41, 5.74) is 4.77. The Morgan fingerprint density at radius 1 is 0.321 bits per heavy atom. The summed E-state index contributed by atoms with van der Waals surface area (Å²) in [5, 5.41) is 15.4. The lowest BCUT2D eigenvalue weighted by atomic mass is 9.77. The summed E-state index contributed by atoms with van der Waals surface area (Å²) < 4.78 is 13.5. The molecular formula is C72H52BBrCl2N6O2. The highest BCUT2D eigenvalue weighted by molar-refractivity contribution is 9.10. The average molecular weight is 1190 g/mol. The van der Waals surface area contributed by atoms with Gasteiger partial charge in [0.2, 0.25) is 5.28 Å². The predicted molar refractivity (Wildman–Crippen MR) is 352 cm³/mol. The molecule has 0 N–H and O–H groups in total. The molecule has 1 saturated heterocycles. The van der Waals surface area contributed by atoms with Crippen molar-refractivity contribution in [3.8, 4) is 56.9 Å². The zero-order valence-electron chi connectivity index (χ0n) is 46.3. The fourth-order valence-electron chi connectivity index (χ4n) is 10.9. The highest BCUT2D eigenvalue weighted by Gasteiger charge is 2.52. The quantitative estimate of drug-likeness (QED) is 0.120. The Balaban J connectivity index is 0.000000124. The first-order valence-electron chi connectivity index (χ1n) is 27.7. The Morgan fingerprint density at radius 2 is 0.595 bits per heavy atom. The molecule has 84 heavy (non-hydrogen) atoms. The summed E-state index contributed by atoms with van der Waals surface area (Å²) in [7, 11) is -0.480. The standard InChI is InChI=1S/C33H20BrN3.C24H22BClO2.C15H10ClN3/c34-30-20-28-26-18-10-8-16-24(26)23-15-7-9-17-25(23)27(28)19-29(30)33-36-31(21-11-3-1-4-12-21)35-32(37-33)22-13-5-2-6-14-22;1-23(2)24(3,4)28-25(27-23)21-13-19-17-11-7-5-9-15(17)16-10-6-8-12-18(16)20(19)14-22(21)26;16-15-18-13(11-7-3-1-4-8-11)17-14(19-15)12-9-5-2-6-10-12/h1-20H;5-14H,1-4H3;1-10H. The van der Waals surface area contributed by atoms with Crippen molar-refractivity contribution in [1.82, 2.24) is 29.9 Å². The molecule has 8 nitrogen and oxygen atoms in total. The summed E-state index contributed by atoms with van der Waals surface area (Å²) in [4.78, 5) is 27.6. The van der Waals surface area contributed by atoms with E-state index in [0.29, 0.717) is 34.1 Å². The van der Waals surface area contributed by atoms with E-state index < -0.39 is 18.3 Å². The molecule has 0 saturated carbocycles. The minimum atomic E-state index is -0.480. The normalized spacial score (nSPS) is 13.5. The molecule has 0 unspecified atom stereocenters. The van der Waals surface area contributed by atoms with Gasteiger partial charge in [0, 0.05) is 42.8 Å². The second-order valence-corrected chi connectivity index (χ2v) is 23.2. The molecule has 2 aromatic heterocycles. The van der Waals surface area contributed by atoms with Gasteiger partial charge in [-0.1, -0.05) is 252 Å². The van der Waals surface area contributed by atoms with Crippen LogP contribution in [0.5, 0.6) is 0 Å². The van der Waals surface area contributed by atoms with Crippen molar-refractivity contribution in [2.24, 2.45) is 0 Å². The van der Waals surface area contributed by atoms with Gasteiger partial charge in [0.25, 0.3) is 0 Å². The summed E-state index contributed by atoms with van der Waals surface area (Å²) in [5.74, 6) is 3.11. The number of benzene rings is 12. The van der Waals surface area contributed by atoms with Crippen molar-refractivity contribution in [2.45, 2.75) is 38.9 Å². The van der Waals surface area contributed by atoms with Gasteiger partial charge in [-0.3, -0.25) is 0 Å². The molecule has 14 aromatic rings. The summed E-state index contributed by atoms with van der Waals surface area (Å²) in [6.07, 6.45) is 0. The number of aromatic nitrogens is 6. The van der Waals surface area contributed by atoms with Gasteiger partial charge < -0.3 is 9.31 Å². The van der Waals surface area contributed by atoms with Crippen LogP contribution in [0.15, 0.2) is 247 Å². The number of rotatable bonds is 6. The van der Waals surface area contributed by atoms with Crippen molar-refractivity contribution in [2.75, 3.05) is 0 Å². The summed E-state index contributed by atoms with van der Waals surface area (Å²) in [6.45, 7) is 8.24. The lowest BCUT2D eigenvalue weighted by Gasteiger charge is -2.32. The first-order valence-corrected chi connectivity index (χ1v) is 29.2. The third-order valence-corrected chi connectivity index (χ3v) is 17.0. The summed E-state index contributed by atoms with van der Waals surface area (Å²) in [6, 6.07) is 82.4. The Kier molecular flexibility index (Phi) is 14.8. The van der Waals surface area contributed by atoms with Crippen LogP contribution < -0.4 is 5.46 Å². The van der Waals surface area contributed by atoms with Gasteiger partial charge in [-0.05, 0) is 122 Å². The third-order valence-electron chi connectivity index (χ3n) is 15.8. The van der Waals surface area contributed by atoms with Gasteiger partial charge in [0.15, 0.2) is 29.1 Å². The first-order chi connectivity index (χ1) is 40.9. The molecule has 12 aromatic carbocycles. The molecule has 3 heterocycles. The van der Waals surface area contributed by atoms with Crippen LogP contribution in [0.25, 0.3) is 122 Å². The maximum absolute atomic E-state index is 6.76. The molecule has 12 heteroatoms. The number of hydrogen-bond acceptors (Lipinski definition) is 8. The van der Waals surface area contributed by atoms with Gasteiger partial charge in [-0.2, -0.15) is 9.97 Å². The third kappa shape index (κ3) is 10.6. The number of hydrogen-bond donors (Lipinski definition) is 0. The molecular weight excluding hydrogens is 1140 g/mol. The molecule has 1 aliphatic heterocycles. The van der Waals surface area contributed by atoms with Crippen LogP contribution in [0, 0.1) is 0 Å². The van der Waals surface area contributed by atoms with Gasteiger partial charge in [0.05, 0.1) is 11.2 Å². The van der Waals surface area contributed by atoms with Crippen molar-refractivity contribution in [1.29, 1.82) is 0 Å². The minimum absolute atomic E-state index is 0.202. The number of nitrogens with zero attached hydrogens (tertiary/aromatic N) is 6. The van der Waals surface area contributed by atoms with Crippen molar-refractivity contribution >= 4 is 116 Å². The van der Waals surface area contributed by atoms with Crippen molar-refractivity contribution < 1.29 is 9.31 Å². The molecule has 1 fully saturated rings. The highest BCUT2D eigenvalue weighted by Crippen LogP contribution is 2.42. The molecule has 0 atom stereocenters. The van der Waals surface area contributed by atoms with E-state index in [2.05, 4.69) is 180 Å². The van der Waals surface area contributed by atoms with Crippen LogP contribution in [-0.2, 0) is 9.31 Å². The fraction of sp³-hybridized carbons (Fsp3) is 0.0833. The fourth-order valence-corrected chi connectivity index (χ4v) is 11.8. The van der Waals surface area contributed by atoms with Gasteiger partial charge in [-0.15, -0.1) is 0 Å². The molecule has 1 aliphatic rings. The predicted octanol–water partition coefficient (Wildman–Crippen LogP) is 19.1. The van der Waals surface area contributed by atoms with Crippen LogP contribution in [0.2, 0.25) is 10.3 Å². The zero-order valence-corrected chi connectivity index (χ0v) is 49.4. The highest BCUT2D eigenvalue weighted by atomic mass is 79.9. The van der Waals surface area contributed by atoms with E-state index in [1.165, 1.54) is 59.2 Å². The largest absolute Gasteiger partial charge is 0.496 e. The molecule has 0 amide bonds. The maximum atomic E-state index is 6.76. The van der Waals surface area contributed by atoms with Gasteiger partial charge in [-0.25, -0.2) is 19.9 Å². The Morgan fingerprint density at radius 3 is 0.952 bits per heavy atom. The first kappa shape index (κ1) is 54.5. The summed E-state index contributed by atoms with van der Waals surface area (Å²) >= 11 is 16.6. The van der Waals surface area contributed by atoms with Crippen LogP contribution in [0.3, 0.4) is 0 Å². The molecule has 0 bridgehead atoms. The Labute approximate surface area is 505 Å². The SMILES string of the molecule is Brc1cc2c3ccccc3c3ccccc3c2cc1-c1nc(-c2ccccc2)nc(-c2ccccc2)n1.CC1(C)OB(c2cc3c4ccccc4c4ccccc4c3cc2Cl)OC1(C)C.Clc1nc(-c2ccccc2)nc(-c2ccccc2)n1. The Hall–Kier alpha value is -8.74. The lowest BCUT2D eigenvalue weighted by Crippen LogP contribution is -2.41.